The molecule has 0 saturated carbocycles. The summed E-state index contributed by atoms with van der Waals surface area (Å²) >= 11 is 0. The number of nitrogens with zero attached hydrogens (tertiary/aromatic N) is 1. The van der Waals surface area contributed by atoms with E-state index in [1.807, 2.05) is 25.3 Å². The fraction of sp³-hybridized carbons (Fsp3) is 0.118. The number of anilines is 1. The molecule has 3 aromatic rings. The molecule has 1 amide bonds. The van der Waals surface area contributed by atoms with Crippen molar-refractivity contribution in [3.63, 3.8) is 0 Å². The van der Waals surface area contributed by atoms with Crippen molar-refractivity contribution < 1.29 is 9.18 Å². The molecule has 2 aromatic carbocycles. The first kappa shape index (κ1) is 13.4. The van der Waals surface area contributed by atoms with E-state index in [-0.39, 0.29) is 5.91 Å². The SMILES string of the molecule is CCN(C(=O)c1ccc2cc[nH]c2c1)c1ccccc1F. The average molecular weight is 282 g/mol. The fourth-order valence-corrected chi connectivity index (χ4v) is 2.43. The van der Waals surface area contributed by atoms with Gasteiger partial charge in [-0.15, -0.1) is 0 Å². The van der Waals surface area contributed by atoms with E-state index in [0.29, 0.717) is 17.8 Å². The Morgan fingerprint density at radius 3 is 2.76 bits per heavy atom. The quantitative estimate of drug-likeness (QED) is 0.775. The number of amides is 1. The first-order valence-electron chi connectivity index (χ1n) is 6.84. The van der Waals surface area contributed by atoms with Crippen LogP contribution in [0.1, 0.15) is 17.3 Å². The Labute approximate surface area is 122 Å². The molecule has 21 heavy (non-hydrogen) atoms. The highest BCUT2D eigenvalue weighted by molar-refractivity contribution is 6.07. The van der Waals surface area contributed by atoms with Gasteiger partial charge in [0.25, 0.3) is 5.91 Å². The summed E-state index contributed by atoms with van der Waals surface area (Å²) in [6.07, 6.45) is 1.83. The van der Waals surface area contributed by atoms with Gasteiger partial charge in [-0.1, -0.05) is 18.2 Å². The highest BCUT2D eigenvalue weighted by Crippen LogP contribution is 2.22. The molecule has 0 spiro atoms. The van der Waals surface area contributed by atoms with E-state index in [0.717, 1.165) is 10.9 Å². The van der Waals surface area contributed by atoms with Gasteiger partial charge >= 0.3 is 0 Å². The molecule has 106 valence electrons. The number of H-pyrrole nitrogens is 1. The Morgan fingerprint density at radius 2 is 2.00 bits per heavy atom. The lowest BCUT2D eigenvalue weighted by molar-refractivity contribution is 0.0987. The minimum Gasteiger partial charge on any atom is -0.361 e. The summed E-state index contributed by atoms with van der Waals surface area (Å²) in [5.41, 5.74) is 1.73. The molecular formula is C17H15FN2O. The van der Waals surface area contributed by atoms with Gasteiger partial charge in [0, 0.05) is 23.8 Å². The maximum Gasteiger partial charge on any atom is 0.258 e. The Bertz CT molecular complexity index is 794. The molecule has 0 atom stereocenters. The van der Waals surface area contributed by atoms with E-state index in [1.165, 1.54) is 11.0 Å². The molecule has 0 aliphatic heterocycles. The number of benzene rings is 2. The zero-order valence-corrected chi connectivity index (χ0v) is 11.6. The zero-order chi connectivity index (χ0) is 14.8. The number of hydrogen-bond donors (Lipinski definition) is 1. The van der Waals surface area contributed by atoms with E-state index in [1.54, 1.807) is 30.3 Å². The number of fused-ring (bicyclic) bond motifs is 1. The van der Waals surface area contributed by atoms with E-state index >= 15 is 0 Å². The van der Waals surface area contributed by atoms with Crippen LogP contribution >= 0.6 is 0 Å². The summed E-state index contributed by atoms with van der Waals surface area (Å²) in [7, 11) is 0. The Balaban J connectivity index is 2.00. The van der Waals surface area contributed by atoms with Crippen LogP contribution in [0, 0.1) is 5.82 Å². The second-order valence-electron chi connectivity index (χ2n) is 4.78. The minimum absolute atomic E-state index is 0.209. The zero-order valence-electron chi connectivity index (χ0n) is 11.6. The van der Waals surface area contributed by atoms with E-state index in [4.69, 9.17) is 0 Å². The maximum atomic E-state index is 13.9. The molecule has 1 aromatic heterocycles. The van der Waals surface area contributed by atoms with E-state index in [9.17, 15) is 9.18 Å². The predicted octanol–water partition coefficient (Wildman–Crippen LogP) is 3.97. The lowest BCUT2D eigenvalue weighted by Gasteiger charge is -2.21. The number of rotatable bonds is 3. The minimum atomic E-state index is -0.395. The number of carbonyl (C=O) groups excluding carboxylic acids is 1. The van der Waals surface area contributed by atoms with Crippen LogP contribution in [0.4, 0.5) is 10.1 Å². The molecule has 0 unspecified atom stereocenters. The average Bonchev–Trinajstić information content (AvgIpc) is 2.97. The summed E-state index contributed by atoms with van der Waals surface area (Å²) in [4.78, 5) is 17.2. The van der Waals surface area contributed by atoms with Gasteiger partial charge in [0.05, 0.1) is 5.69 Å². The van der Waals surface area contributed by atoms with Crippen molar-refractivity contribution in [2.45, 2.75) is 6.92 Å². The smallest absolute Gasteiger partial charge is 0.258 e. The van der Waals surface area contributed by atoms with Crippen LogP contribution in [0.5, 0.6) is 0 Å². The van der Waals surface area contributed by atoms with Gasteiger partial charge in [-0.25, -0.2) is 4.39 Å². The van der Waals surface area contributed by atoms with Crippen molar-refractivity contribution in [3.05, 3.63) is 66.1 Å². The first-order chi connectivity index (χ1) is 10.2. The van der Waals surface area contributed by atoms with Gasteiger partial charge in [-0.2, -0.15) is 0 Å². The Morgan fingerprint density at radius 1 is 1.19 bits per heavy atom. The van der Waals surface area contributed by atoms with Crippen LogP contribution in [-0.4, -0.2) is 17.4 Å². The third-order valence-corrected chi connectivity index (χ3v) is 3.51. The number of para-hydroxylation sites is 1. The van der Waals surface area contributed by atoms with Crippen LogP contribution in [0.25, 0.3) is 10.9 Å². The molecule has 0 fully saturated rings. The van der Waals surface area contributed by atoms with Gasteiger partial charge in [0.1, 0.15) is 5.82 Å². The fourth-order valence-electron chi connectivity index (χ4n) is 2.43. The van der Waals surface area contributed by atoms with Crippen molar-refractivity contribution >= 4 is 22.5 Å². The van der Waals surface area contributed by atoms with E-state index in [2.05, 4.69) is 4.98 Å². The first-order valence-corrected chi connectivity index (χ1v) is 6.84. The predicted molar refractivity (Wildman–Crippen MR) is 82.0 cm³/mol. The Hall–Kier alpha value is -2.62. The third kappa shape index (κ3) is 2.40. The van der Waals surface area contributed by atoms with Crippen LogP contribution < -0.4 is 4.90 Å². The largest absolute Gasteiger partial charge is 0.361 e. The lowest BCUT2D eigenvalue weighted by Crippen LogP contribution is -2.31. The summed E-state index contributed by atoms with van der Waals surface area (Å²) in [6, 6.07) is 13.7. The number of nitrogens with one attached hydrogen (secondary N) is 1. The monoisotopic (exact) mass is 282 g/mol. The van der Waals surface area contributed by atoms with Crippen LogP contribution in [0.2, 0.25) is 0 Å². The highest BCUT2D eigenvalue weighted by atomic mass is 19.1. The normalized spacial score (nSPS) is 10.8. The van der Waals surface area contributed by atoms with Gasteiger partial charge in [0.2, 0.25) is 0 Å². The molecule has 0 radical (unpaired) electrons. The van der Waals surface area contributed by atoms with Crippen LogP contribution in [0.15, 0.2) is 54.7 Å². The third-order valence-electron chi connectivity index (χ3n) is 3.51. The van der Waals surface area contributed by atoms with Crippen LogP contribution in [0.3, 0.4) is 0 Å². The second kappa shape index (κ2) is 5.40. The molecule has 0 aliphatic carbocycles. The molecule has 3 nitrogen and oxygen atoms in total. The summed E-state index contributed by atoms with van der Waals surface area (Å²) in [5, 5.41) is 1.04. The number of aromatic nitrogens is 1. The van der Waals surface area contributed by atoms with Crippen molar-refractivity contribution in [3.8, 4) is 0 Å². The van der Waals surface area contributed by atoms with E-state index < -0.39 is 5.82 Å². The van der Waals surface area contributed by atoms with Crippen molar-refractivity contribution in [1.29, 1.82) is 0 Å². The number of aromatic amines is 1. The highest BCUT2D eigenvalue weighted by Gasteiger charge is 2.19. The van der Waals surface area contributed by atoms with Crippen molar-refractivity contribution in [2.24, 2.45) is 0 Å². The second-order valence-corrected chi connectivity index (χ2v) is 4.78. The maximum absolute atomic E-state index is 13.9. The molecular weight excluding hydrogens is 267 g/mol. The molecule has 1 N–H and O–H groups in total. The number of hydrogen-bond acceptors (Lipinski definition) is 1. The molecule has 0 aliphatic rings. The van der Waals surface area contributed by atoms with Gasteiger partial charge in [0.15, 0.2) is 0 Å². The topological polar surface area (TPSA) is 36.1 Å². The van der Waals surface area contributed by atoms with Crippen molar-refractivity contribution in [1.82, 2.24) is 4.98 Å². The van der Waals surface area contributed by atoms with Crippen molar-refractivity contribution in [2.75, 3.05) is 11.4 Å². The molecule has 1 heterocycles. The van der Waals surface area contributed by atoms with Gasteiger partial charge in [-0.3, -0.25) is 4.79 Å². The van der Waals surface area contributed by atoms with Crippen LogP contribution in [-0.2, 0) is 0 Å². The van der Waals surface area contributed by atoms with Gasteiger partial charge in [-0.05, 0) is 42.6 Å². The standard InChI is InChI=1S/C17H15FN2O/c1-2-20(16-6-4-3-5-14(16)18)17(21)13-8-7-12-9-10-19-15(12)11-13/h3-11,19H,2H2,1H3. The lowest BCUT2D eigenvalue weighted by atomic mass is 10.1. The molecule has 0 saturated heterocycles. The summed E-state index contributed by atoms with van der Waals surface area (Å²) in [6.45, 7) is 2.24. The van der Waals surface area contributed by atoms with Gasteiger partial charge < -0.3 is 9.88 Å². The number of carbonyl (C=O) groups is 1. The summed E-state index contributed by atoms with van der Waals surface area (Å²) < 4.78 is 13.9. The molecule has 3 rings (SSSR count). The molecule has 0 bridgehead atoms. The number of halogens is 1. The summed E-state index contributed by atoms with van der Waals surface area (Å²) in [5.74, 6) is -0.604. The molecule has 4 heteroatoms. The Kier molecular flexibility index (Phi) is 3.44.